The molecule has 0 rings (SSSR count). The first-order valence-corrected chi connectivity index (χ1v) is 8.37. The van der Waals surface area contributed by atoms with Crippen LogP contribution in [-0.2, 0) is 4.74 Å². The Morgan fingerprint density at radius 1 is 0.667 bits per heavy atom. The molecular weight excluding hydrogens is 220 g/mol. The molecular formula is C17H36O. The molecule has 110 valence electrons. The molecule has 0 N–H and O–H groups in total. The van der Waals surface area contributed by atoms with Crippen molar-refractivity contribution < 1.29 is 4.74 Å². The topological polar surface area (TPSA) is 9.23 Å². The minimum atomic E-state index is 0.503. The SMILES string of the molecule is CCCCCCCCCCCCCC(CC)OC. The molecule has 1 heteroatoms. The maximum atomic E-state index is 5.39. The molecule has 0 aromatic carbocycles. The first-order valence-electron chi connectivity index (χ1n) is 8.37. The van der Waals surface area contributed by atoms with Crippen molar-refractivity contribution in [2.45, 2.75) is 103 Å². The summed E-state index contributed by atoms with van der Waals surface area (Å²) in [5.41, 5.74) is 0. The van der Waals surface area contributed by atoms with Crippen LogP contribution in [0.5, 0.6) is 0 Å². The fourth-order valence-corrected chi connectivity index (χ4v) is 2.52. The zero-order chi connectivity index (χ0) is 13.5. The van der Waals surface area contributed by atoms with Crippen molar-refractivity contribution in [2.24, 2.45) is 0 Å². The van der Waals surface area contributed by atoms with Gasteiger partial charge in [-0.05, 0) is 12.8 Å². The number of unbranched alkanes of at least 4 members (excludes halogenated alkanes) is 10. The van der Waals surface area contributed by atoms with Crippen LogP contribution >= 0.6 is 0 Å². The number of hydrogen-bond donors (Lipinski definition) is 0. The van der Waals surface area contributed by atoms with Crippen molar-refractivity contribution >= 4 is 0 Å². The van der Waals surface area contributed by atoms with Crippen LogP contribution in [0.15, 0.2) is 0 Å². The minimum absolute atomic E-state index is 0.503. The summed E-state index contributed by atoms with van der Waals surface area (Å²) in [6.45, 7) is 4.50. The highest BCUT2D eigenvalue weighted by atomic mass is 16.5. The fourth-order valence-electron chi connectivity index (χ4n) is 2.52. The number of rotatable bonds is 14. The lowest BCUT2D eigenvalue weighted by Crippen LogP contribution is -2.08. The second-order valence-electron chi connectivity index (χ2n) is 5.59. The molecule has 0 aromatic rings. The van der Waals surface area contributed by atoms with Gasteiger partial charge in [0.1, 0.15) is 0 Å². The lowest BCUT2D eigenvalue weighted by Gasteiger charge is -2.12. The molecule has 18 heavy (non-hydrogen) atoms. The van der Waals surface area contributed by atoms with Gasteiger partial charge in [0.05, 0.1) is 6.10 Å². The molecule has 0 saturated carbocycles. The van der Waals surface area contributed by atoms with Crippen LogP contribution < -0.4 is 0 Å². The van der Waals surface area contributed by atoms with Crippen molar-refractivity contribution in [3.63, 3.8) is 0 Å². The fraction of sp³-hybridized carbons (Fsp3) is 1.00. The summed E-state index contributed by atoms with van der Waals surface area (Å²) in [5.74, 6) is 0. The largest absolute Gasteiger partial charge is 0.381 e. The van der Waals surface area contributed by atoms with Gasteiger partial charge in [-0.3, -0.25) is 0 Å². The van der Waals surface area contributed by atoms with Crippen LogP contribution in [0.3, 0.4) is 0 Å². The Balaban J connectivity index is 3.03. The molecule has 0 aromatic heterocycles. The Labute approximate surface area is 116 Å². The molecule has 0 fully saturated rings. The number of hydrogen-bond acceptors (Lipinski definition) is 1. The highest BCUT2D eigenvalue weighted by Gasteiger charge is 2.02. The van der Waals surface area contributed by atoms with E-state index in [0.717, 1.165) is 6.42 Å². The maximum Gasteiger partial charge on any atom is 0.0568 e. The molecule has 0 amide bonds. The van der Waals surface area contributed by atoms with Gasteiger partial charge in [-0.25, -0.2) is 0 Å². The average molecular weight is 256 g/mol. The van der Waals surface area contributed by atoms with E-state index in [2.05, 4.69) is 13.8 Å². The average Bonchev–Trinajstić information content (AvgIpc) is 2.40. The second-order valence-corrected chi connectivity index (χ2v) is 5.59. The van der Waals surface area contributed by atoms with Gasteiger partial charge in [0.15, 0.2) is 0 Å². The zero-order valence-corrected chi connectivity index (χ0v) is 13.2. The van der Waals surface area contributed by atoms with E-state index < -0.39 is 0 Å². The summed E-state index contributed by atoms with van der Waals surface area (Å²) in [7, 11) is 1.84. The molecule has 0 bridgehead atoms. The van der Waals surface area contributed by atoms with Gasteiger partial charge in [0, 0.05) is 7.11 Å². The summed E-state index contributed by atoms with van der Waals surface area (Å²) in [6, 6.07) is 0. The molecule has 1 unspecified atom stereocenters. The summed E-state index contributed by atoms with van der Waals surface area (Å²) in [4.78, 5) is 0. The van der Waals surface area contributed by atoms with E-state index in [9.17, 15) is 0 Å². The zero-order valence-electron chi connectivity index (χ0n) is 13.2. The lowest BCUT2D eigenvalue weighted by atomic mass is 10.0. The predicted molar refractivity (Wildman–Crippen MR) is 82.2 cm³/mol. The Kier molecular flexibility index (Phi) is 15.0. The van der Waals surface area contributed by atoms with E-state index in [4.69, 9.17) is 4.74 Å². The third kappa shape index (κ3) is 12.4. The first kappa shape index (κ1) is 18.0. The van der Waals surface area contributed by atoms with E-state index in [1.54, 1.807) is 0 Å². The van der Waals surface area contributed by atoms with Gasteiger partial charge in [-0.2, -0.15) is 0 Å². The van der Waals surface area contributed by atoms with E-state index in [-0.39, 0.29) is 0 Å². The van der Waals surface area contributed by atoms with Crippen molar-refractivity contribution in [1.29, 1.82) is 0 Å². The highest BCUT2D eigenvalue weighted by Crippen LogP contribution is 2.13. The standard InChI is InChI=1S/C17H36O/c1-4-6-7-8-9-10-11-12-13-14-15-16-17(5-2)18-3/h17H,4-16H2,1-3H3. The molecule has 1 nitrogen and oxygen atoms in total. The summed E-state index contributed by atoms with van der Waals surface area (Å²) in [5, 5.41) is 0. The maximum absolute atomic E-state index is 5.39. The highest BCUT2D eigenvalue weighted by molar-refractivity contribution is 4.55. The van der Waals surface area contributed by atoms with Crippen molar-refractivity contribution in [2.75, 3.05) is 7.11 Å². The van der Waals surface area contributed by atoms with Crippen LogP contribution in [0.2, 0.25) is 0 Å². The van der Waals surface area contributed by atoms with Crippen LogP contribution in [0, 0.1) is 0 Å². The van der Waals surface area contributed by atoms with Gasteiger partial charge >= 0.3 is 0 Å². The third-order valence-electron chi connectivity index (χ3n) is 3.92. The normalized spacial score (nSPS) is 12.8. The Morgan fingerprint density at radius 3 is 1.50 bits per heavy atom. The monoisotopic (exact) mass is 256 g/mol. The molecule has 0 aliphatic heterocycles. The van der Waals surface area contributed by atoms with Gasteiger partial charge in [0.25, 0.3) is 0 Å². The molecule has 0 saturated heterocycles. The van der Waals surface area contributed by atoms with Crippen LogP contribution in [-0.4, -0.2) is 13.2 Å². The van der Waals surface area contributed by atoms with E-state index in [0.29, 0.717) is 6.10 Å². The number of methoxy groups -OCH3 is 1. The Bertz CT molecular complexity index is 141. The van der Waals surface area contributed by atoms with Crippen molar-refractivity contribution in [1.82, 2.24) is 0 Å². The molecule has 0 aliphatic carbocycles. The molecule has 1 atom stereocenters. The Morgan fingerprint density at radius 2 is 1.11 bits per heavy atom. The van der Waals surface area contributed by atoms with Gasteiger partial charge in [-0.1, -0.05) is 84.5 Å². The third-order valence-corrected chi connectivity index (χ3v) is 3.92. The van der Waals surface area contributed by atoms with E-state index in [1.807, 2.05) is 7.11 Å². The smallest absolute Gasteiger partial charge is 0.0568 e. The van der Waals surface area contributed by atoms with Crippen LogP contribution in [0.4, 0.5) is 0 Å². The number of ether oxygens (including phenoxy) is 1. The Hall–Kier alpha value is -0.0400. The predicted octanol–water partition coefficient (Wildman–Crippen LogP) is 6.11. The van der Waals surface area contributed by atoms with Crippen molar-refractivity contribution in [3.8, 4) is 0 Å². The first-order chi connectivity index (χ1) is 8.85. The molecule has 0 spiro atoms. The molecule has 0 heterocycles. The molecule has 0 aliphatic rings. The van der Waals surface area contributed by atoms with Gasteiger partial charge < -0.3 is 4.74 Å². The van der Waals surface area contributed by atoms with Crippen LogP contribution in [0.25, 0.3) is 0 Å². The minimum Gasteiger partial charge on any atom is -0.381 e. The van der Waals surface area contributed by atoms with E-state index in [1.165, 1.54) is 77.0 Å². The second kappa shape index (κ2) is 15.0. The van der Waals surface area contributed by atoms with Gasteiger partial charge in [0.2, 0.25) is 0 Å². The van der Waals surface area contributed by atoms with Crippen LogP contribution in [0.1, 0.15) is 97.3 Å². The van der Waals surface area contributed by atoms with E-state index >= 15 is 0 Å². The quantitative estimate of drug-likeness (QED) is 0.341. The van der Waals surface area contributed by atoms with Crippen molar-refractivity contribution in [3.05, 3.63) is 0 Å². The summed E-state index contributed by atoms with van der Waals surface area (Å²) >= 11 is 0. The summed E-state index contributed by atoms with van der Waals surface area (Å²) < 4.78 is 5.39. The molecule has 0 radical (unpaired) electrons. The lowest BCUT2D eigenvalue weighted by molar-refractivity contribution is 0.0897. The van der Waals surface area contributed by atoms with Gasteiger partial charge in [-0.15, -0.1) is 0 Å². The summed E-state index contributed by atoms with van der Waals surface area (Å²) in [6.07, 6.45) is 18.6.